The molecule has 0 aliphatic heterocycles. The van der Waals surface area contributed by atoms with Crippen molar-refractivity contribution < 1.29 is 4.79 Å². The van der Waals surface area contributed by atoms with Crippen LogP contribution in [0.3, 0.4) is 0 Å². The fraction of sp³-hybridized carbons (Fsp3) is 0.375. The summed E-state index contributed by atoms with van der Waals surface area (Å²) in [6.07, 6.45) is 2.00. The van der Waals surface area contributed by atoms with Gasteiger partial charge in [-0.1, -0.05) is 31.0 Å². The third-order valence-electron chi connectivity index (χ3n) is 3.12. The Morgan fingerprint density at radius 1 is 1.33 bits per heavy atom. The van der Waals surface area contributed by atoms with Crippen molar-refractivity contribution in [3.05, 3.63) is 41.1 Å². The number of carbonyl (C=O) groups excluding carboxylic acids is 1. The van der Waals surface area contributed by atoms with Crippen molar-refractivity contribution >= 4 is 23.5 Å². The van der Waals surface area contributed by atoms with Gasteiger partial charge in [-0.2, -0.15) is 5.10 Å². The van der Waals surface area contributed by atoms with Gasteiger partial charge in [0.15, 0.2) is 5.82 Å². The van der Waals surface area contributed by atoms with Crippen molar-refractivity contribution in [3.63, 3.8) is 0 Å². The number of thioether (sulfide) groups is 1. The number of benzene rings is 1. The summed E-state index contributed by atoms with van der Waals surface area (Å²) in [7, 11) is 0. The SMILES string of the molecule is CCCc1cc(NC(=O)CSc2cc(C)ccc2C)n[nH]1. The van der Waals surface area contributed by atoms with Gasteiger partial charge in [0.2, 0.25) is 5.91 Å². The molecular formula is C16H21N3OS. The minimum Gasteiger partial charge on any atom is -0.308 e. The Morgan fingerprint density at radius 2 is 2.14 bits per heavy atom. The molecule has 2 aromatic rings. The molecule has 2 rings (SSSR count). The summed E-state index contributed by atoms with van der Waals surface area (Å²) in [5.41, 5.74) is 3.46. The lowest BCUT2D eigenvalue weighted by atomic mass is 10.2. The van der Waals surface area contributed by atoms with Crippen molar-refractivity contribution in [3.8, 4) is 0 Å². The first kappa shape index (κ1) is 15.6. The highest BCUT2D eigenvalue weighted by molar-refractivity contribution is 8.00. The topological polar surface area (TPSA) is 57.8 Å². The fourth-order valence-corrected chi connectivity index (χ4v) is 2.93. The molecule has 0 saturated heterocycles. The second-order valence-corrected chi connectivity index (χ2v) is 6.15. The molecule has 0 radical (unpaired) electrons. The monoisotopic (exact) mass is 303 g/mol. The number of rotatable bonds is 6. The molecule has 0 spiro atoms. The number of aromatic nitrogens is 2. The number of hydrogen-bond acceptors (Lipinski definition) is 3. The lowest BCUT2D eigenvalue weighted by Gasteiger charge is -2.06. The van der Waals surface area contributed by atoms with Crippen molar-refractivity contribution in [2.45, 2.75) is 38.5 Å². The van der Waals surface area contributed by atoms with Gasteiger partial charge in [0.05, 0.1) is 5.75 Å². The zero-order valence-corrected chi connectivity index (χ0v) is 13.5. The molecule has 1 heterocycles. The predicted octanol–water partition coefficient (Wildman–Crippen LogP) is 3.71. The van der Waals surface area contributed by atoms with Gasteiger partial charge in [0.1, 0.15) is 0 Å². The van der Waals surface area contributed by atoms with Gasteiger partial charge < -0.3 is 5.32 Å². The van der Waals surface area contributed by atoms with Crippen molar-refractivity contribution in [1.29, 1.82) is 0 Å². The van der Waals surface area contributed by atoms with E-state index in [1.54, 1.807) is 11.8 Å². The molecule has 1 amide bonds. The third kappa shape index (κ3) is 4.63. The lowest BCUT2D eigenvalue weighted by Crippen LogP contribution is -2.14. The van der Waals surface area contributed by atoms with Crippen molar-refractivity contribution in [2.24, 2.45) is 0 Å². The van der Waals surface area contributed by atoms with Gasteiger partial charge in [-0.25, -0.2) is 0 Å². The van der Waals surface area contributed by atoms with Crippen LogP contribution in [0.1, 0.15) is 30.2 Å². The Morgan fingerprint density at radius 3 is 2.90 bits per heavy atom. The number of amides is 1. The molecule has 2 N–H and O–H groups in total. The Kier molecular flexibility index (Phi) is 5.44. The van der Waals surface area contributed by atoms with E-state index in [0.717, 1.165) is 23.4 Å². The lowest BCUT2D eigenvalue weighted by molar-refractivity contribution is -0.113. The highest BCUT2D eigenvalue weighted by Gasteiger charge is 2.08. The van der Waals surface area contributed by atoms with Crippen LogP contribution < -0.4 is 5.32 Å². The molecule has 0 atom stereocenters. The molecule has 0 saturated carbocycles. The molecule has 0 fully saturated rings. The largest absolute Gasteiger partial charge is 0.308 e. The van der Waals surface area contributed by atoms with Gasteiger partial charge in [0.25, 0.3) is 0 Å². The van der Waals surface area contributed by atoms with Gasteiger partial charge in [-0.3, -0.25) is 9.89 Å². The van der Waals surface area contributed by atoms with Crippen LogP contribution in [-0.4, -0.2) is 21.9 Å². The van der Waals surface area contributed by atoms with Crippen LogP contribution in [0.25, 0.3) is 0 Å². The van der Waals surface area contributed by atoms with Crippen molar-refractivity contribution in [1.82, 2.24) is 10.2 Å². The van der Waals surface area contributed by atoms with E-state index >= 15 is 0 Å². The van der Waals surface area contributed by atoms with Crippen LogP contribution in [0.4, 0.5) is 5.82 Å². The number of H-pyrrole nitrogens is 1. The van der Waals surface area contributed by atoms with Crippen LogP contribution in [0, 0.1) is 13.8 Å². The van der Waals surface area contributed by atoms with E-state index in [1.807, 2.05) is 6.07 Å². The second kappa shape index (κ2) is 7.31. The number of carbonyl (C=O) groups is 1. The minimum atomic E-state index is -0.0320. The number of aryl methyl sites for hydroxylation is 3. The summed E-state index contributed by atoms with van der Waals surface area (Å²) in [4.78, 5) is 13.1. The van der Waals surface area contributed by atoms with E-state index in [1.165, 1.54) is 11.1 Å². The summed E-state index contributed by atoms with van der Waals surface area (Å²) in [6, 6.07) is 8.17. The van der Waals surface area contributed by atoms with Crippen LogP contribution in [0.15, 0.2) is 29.2 Å². The van der Waals surface area contributed by atoms with Crippen LogP contribution in [0.5, 0.6) is 0 Å². The Balaban J connectivity index is 1.88. The maximum atomic E-state index is 12.0. The van der Waals surface area contributed by atoms with E-state index in [0.29, 0.717) is 11.6 Å². The van der Waals surface area contributed by atoms with Gasteiger partial charge in [-0.05, 0) is 31.9 Å². The number of nitrogens with zero attached hydrogens (tertiary/aromatic N) is 1. The molecule has 0 bridgehead atoms. The van der Waals surface area contributed by atoms with Gasteiger partial charge in [0, 0.05) is 16.7 Å². The van der Waals surface area contributed by atoms with Crippen LogP contribution in [-0.2, 0) is 11.2 Å². The number of hydrogen-bond donors (Lipinski definition) is 2. The maximum absolute atomic E-state index is 12.0. The summed E-state index contributed by atoms with van der Waals surface area (Å²) in [5, 5.41) is 9.85. The molecule has 21 heavy (non-hydrogen) atoms. The van der Waals surface area contributed by atoms with E-state index in [-0.39, 0.29) is 5.91 Å². The first-order valence-corrected chi connectivity index (χ1v) is 8.11. The van der Waals surface area contributed by atoms with Crippen molar-refractivity contribution in [2.75, 3.05) is 11.1 Å². The standard InChI is InChI=1S/C16H21N3OS/c1-4-5-13-9-15(19-18-13)17-16(20)10-21-14-8-11(2)6-7-12(14)3/h6-9H,4-5,10H2,1-3H3,(H2,17,18,19,20). The maximum Gasteiger partial charge on any atom is 0.235 e. The third-order valence-corrected chi connectivity index (χ3v) is 4.28. The number of nitrogens with one attached hydrogen (secondary N) is 2. The summed E-state index contributed by atoms with van der Waals surface area (Å²) < 4.78 is 0. The smallest absolute Gasteiger partial charge is 0.235 e. The van der Waals surface area contributed by atoms with E-state index in [2.05, 4.69) is 54.5 Å². The van der Waals surface area contributed by atoms with Crippen LogP contribution >= 0.6 is 11.8 Å². The zero-order chi connectivity index (χ0) is 15.2. The highest BCUT2D eigenvalue weighted by atomic mass is 32.2. The minimum absolute atomic E-state index is 0.0320. The average Bonchev–Trinajstić information content (AvgIpc) is 2.87. The van der Waals surface area contributed by atoms with E-state index in [4.69, 9.17) is 0 Å². The summed E-state index contributed by atoms with van der Waals surface area (Å²) in [5.74, 6) is 0.959. The molecular weight excluding hydrogens is 282 g/mol. The first-order chi connectivity index (χ1) is 10.1. The number of aromatic amines is 1. The Hall–Kier alpha value is -1.75. The summed E-state index contributed by atoms with van der Waals surface area (Å²) >= 11 is 1.56. The molecule has 5 heteroatoms. The van der Waals surface area contributed by atoms with E-state index in [9.17, 15) is 4.79 Å². The van der Waals surface area contributed by atoms with Gasteiger partial charge in [-0.15, -0.1) is 11.8 Å². The first-order valence-electron chi connectivity index (χ1n) is 7.12. The molecule has 0 aliphatic rings. The molecule has 1 aromatic heterocycles. The molecule has 1 aromatic carbocycles. The van der Waals surface area contributed by atoms with E-state index < -0.39 is 0 Å². The number of anilines is 1. The molecule has 0 unspecified atom stereocenters. The van der Waals surface area contributed by atoms with Gasteiger partial charge >= 0.3 is 0 Å². The highest BCUT2D eigenvalue weighted by Crippen LogP contribution is 2.23. The molecule has 0 aliphatic carbocycles. The molecule has 112 valence electrons. The van der Waals surface area contributed by atoms with Crippen LogP contribution in [0.2, 0.25) is 0 Å². The zero-order valence-electron chi connectivity index (χ0n) is 12.7. The normalized spacial score (nSPS) is 10.6. The molecule has 4 nitrogen and oxygen atoms in total. The Bertz CT molecular complexity index is 622. The Labute approximate surface area is 129 Å². The summed E-state index contributed by atoms with van der Waals surface area (Å²) in [6.45, 7) is 6.23. The predicted molar refractivity (Wildman–Crippen MR) is 87.9 cm³/mol. The average molecular weight is 303 g/mol. The quantitative estimate of drug-likeness (QED) is 0.800. The second-order valence-electron chi connectivity index (χ2n) is 5.13. The fourth-order valence-electron chi connectivity index (χ4n) is 2.01.